The van der Waals surface area contributed by atoms with Crippen molar-refractivity contribution in [2.24, 2.45) is 10.8 Å². The lowest BCUT2D eigenvalue weighted by Crippen LogP contribution is -2.45. The molecule has 2 saturated heterocycles. The summed E-state index contributed by atoms with van der Waals surface area (Å²) in [5.41, 5.74) is 0.637. The second-order valence-electron chi connectivity index (χ2n) is 24.7. The highest BCUT2D eigenvalue weighted by molar-refractivity contribution is 6.18. The molecule has 7 amide bonds. The van der Waals surface area contributed by atoms with E-state index >= 15 is 0 Å². The van der Waals surface area contributed by atoms with Gasteiger partial charge in [-0.15, -0.1) is 0 Å². The molecule has 2 aliphatic carbocycles. The molecule has 2 atom stereocenters. The zero-order valence-corrected chi connectivity index (χ0v) is 53.0. The van der Waals surface area contributed by atoms with E-state index < -0.39 is 57.8 Å². The first kappa shape index (κ1) is 68.1. The maximum atomic E-state index is 13.5. The predicted octanol–water partition coefficient (Wildman–Crippen LogP) is 12.3. The van der Waals surface area contributed by atoms with Crippen molar-refractivity contribution < 1.29 is 66.0 Å². The van der Waals surface area contributed by atoms with Gasteiger partial charge in [0.2, 0.25) is 23.6 Å². The Balaban J connectivity index is 0.000000209. The minimum absolute atomic E-state index is 0. The van der Waals surface area contributed by atoms with Gasteiger partial charge in [0.15, 0.2) is 0 Å². The zero-order chi connectivity index (χ0) is 67.0. The van der Waals surface area contributed by atoms with E-state index in [0.717, 1.165) is 32.2 Å². The maximum absolute atomic E-state index is 13.5. The van der Waals surface area contributed by atoms with Crippen molar-refractivity contribution in [1.29, 1.82) is 0 Å². The monoisotopic (exact) mass is 1310 g/mol. The van der Waals surface area contributed by atoms with Gasteiger partial charge < -0.3 is 65.8 Å². The summed E-state index contributed by atoms with van der Waals surface area (Å²) in [4.78, 5) is 102. The lowest BCUT2D eigenvalue weighted by molar-refractivity contribution is -0.132. The van der Waals surface area contributed by atoms with Gasteiger partial charge in [-0.05, 0) is 200 Å². The Morgan fingerprint density at radius 3 is 1.32 bits per heavy atom. The normalized spacial score (nSPS) is 16.3. The van der Waals surface area contributed by atoms with Crippen LogP contribution in [0.2, 0.25) is 0 Å². The Morgan fingerprint density at radius 1 is 0.542 bits per heavy atom. The number of benzene rings is 6. The third-order valence-corrected chi connectivity index (χ3v) is 16.8. The number of nitrogens with one attached hydrogen (secondary N) is 7. The van der Waals surface area contributed by atoms with Crippen molar-refractivity contribution in [3.05, 3.63) is 169 Å². The van der Waals surface area contributed by atoms with Gasteiger partial charge in [-0.25, -0.2) is 13.6 Å². The fourth-order valence-electron chi connectivity index (χ4n) is 11.2. The molecule has 2 aliphatic heterocycles. The SMILES string of the molecule is C.COc1cc2nccc(Oc3ccc(NC(=O)C4(C(=O)Nc5ccc(F)cc5)CC4)cc3)c2cc1C(=O)NC[C@H]1CCCN1.COc1cc2nccc(Oc3ccc(NC(=O)C4(C(=O)Nc5ccc(F)cc5)CC4)cc3)c2cc1C(=O)NC[C@H]1CCCN1C(=O)OC(C)(C)C. The number of methoxy groups -OCH3 is 2. The molecule has 6 aromatic carbocycles. The van der Waals surface area contributed by atoms with Gasteiger partial charge in [-0.3, -0.25) is 38.7 Å². The van der Waals surface area contributed by atoms with E-state index in [4.69, 9.17) is 23.7 Å². The molecule has 4 aliphatic rings. The Labute approximate surface area is 553 Å². The van der Waals surface area contributed by atoms with Gasteiger partial charge in [0.05, 0.1) is 42.4 Å². The number of rotatable bonds is 20. The number of carbonyl (C=O) groups excluding carboxylic acids is 7. The fourth-order valence-corrected chi connectivity index (χ4v) is 11.2. The number of halogens is 2. The van der Waals surface area contributed by atoms with Crippen molar-refractivity contribution in [1.82, 2.24) is 30.8 Å². The summed E-state index contributed by atoms with van der Waals surface area (Å²) in [5.74, 6) is -0.513. The minimum atomic E-state index is -1.20. The molecule has 7 N–H and O–H groups in total. The van der Waals surface area contributed by atoms with E-state index in [1.807, 2.05) is 20.8 Å². The number of likely N-dealkylation sites (tertiary alicyclic amines) is 1. The van der Waals surface area contributed by atoms with Crippen LogP contribution in [0.5, 0.6) is 34.5 Å². The van der Waals surface area contributed by atoms with Gasteiger partial charge in [0.1, 0.15) is 62.6 Å². The average Bonchev–Trinajstić information content (AvgIpc) is 1.60. The summed E-state index contributed by atoms with van der Waals surface area (Å²) in [6.07, 6.45) is 8.12. The first-order chi connectivity index (χ1) is 45.7. The predicted molar refractivity (Wildman–Crippen MR) is 359 cm³/mol. The molecule has 8 aromatic rings. The number of fused-ring (bicyclic) bond motifs is 2. The Bertz CT molecular complexity index is 4200. The molecular weight excluding hydrogens is 1230 g/mol. The molecule has 22 nitrogen and oxygen atoms in total. The molecule has 0 unspecified atom stereocenters. The molecule has 96 heavy (non-hydrogen) atoms. The van der Waals surface area contributed by atoms with Crippen molar-refractivity contribution in [2.75, 3.05) is 61.7 Å². The molecular formula is C72H76F2N10O12. The lowest BCUT2D eigenvalue weighted by Gasteiger charge is -2.28. The number of anilines is 4. The van der Waals surface area contributed by atoms with Crippen LogP contribution in [0, 0.1) is 22.5 Å². The number of nitrogens with zero attached hydrogens (tertiary/aromatic N) is 3. The second-order valence-corrected chi connectivity index (χ2v) is 24.7. The summed E-state index contributed by atoms with van der Waals surface area (Å²) < 4.78 is 55.4. The van der Waals surface area contributed by atoms with Gasteiger partial charge in [-0.1, -0.05) is 7.43 Å². The molecule has 24 heteroatoms. The number of amides is 7. The van der Waals surface area contributed by atoms with Crippen molar-refractivity contribution in [3.8, 4) is 34.5 Å². The molecule has 500 valence electrons. The second kappa shape index (κ2) is 29.3. The molecule has 0 bridgehead atoms. The van der Waals surface area contributed by atoms with Gasteiger partial charge >= 0.3 is 6.09 Å². The van der Waals surface area contributed by atoms with Crippen molar-refractivity contribution in [3.63, 3.8) is 0 Å². The van der Waals surface area contributed by atoms with Crippen LogP contribution >= 0.6 is 0 Å². The lowest BCUT2D eigenvalue weighted by atomic mass is 10.0. The first-order valence-electron chi connectivity index (χ1n) is 31.3. The Hall–Kier alpha value is -10.8. The number of carbonyl (C=O) groups is 7. The first-order valence-corrected chi connectivity index (χ1v) is 31.3. The standard InChI is InChI=1S/C38H40FN5O7.C33H32FN5O5.CH4/c1-37(2,3)51-36(48)44-19-5-6-26(44)22-41-33(45)29-20-28-30(21-32(29)49-4)40-18-15-31(28)50-27-13-11-25(12-14-27)43-35(47)38(16-17-38)34(46)42-24-9-7-23(39)8-10-24;1-43-29-18-27-25(17-26(29)30(40)37-19-23-3-2-15-35-23)28(12-16-36-27)44-24-10-8-22(9-11-24)39-32(42)33(13-14-33)31(41)38-21-6-4-20(34)5-7-21;/h7-15,18,20-21,26H,5-6,16-17,19,22H2,1-4H3,(H,41,45)(H,42,46)(H,43,47);4-12,16-18,23,35H,2-3,13-15,19H2,1H3,(H,37,40)(H,38,41)(H,39,42);1H4/t26-;23-;/m11./s1. The summed E-state index contributed by atoms with van der Waals surface area (Å²) in [6.45, 7) is 7.75. The highest BCUT2D eigenvalue weighted by Gasteiger charge is 2.57. The largest absolute Gasteiger partial charge is 0.496 e. The van der Waals surface area contributed by atoms with Crippen LogP contribution in [0.15, 0.2) is 146 Å². The van der Waals surface area contributed by atoms with E-state index in [2.05, 4.69) is 47.2 Å². The highest BCUT2D eigenvalue weighted by atomic mass is 19.1. The van der Waals surface area contributed by atoms with Crippen LogP contribution in [0.1, 0.15) is 100 Å². The number of pyridine rings is 2. The van der Waals surface area contributed by atoms with Crippen LogP contribution in [-0.2, 0) is 23.9 Å². The minimum Gasteiger partial charge on any atom is -0.496 e. The zero-order valence-electron chi connectivity index (χ0n) is 53.0. The molecule has 0 spiro atoms. The highest BCUT2D eigenvalue weighted by Crippen LogP contribution is 2.49. The van der Waals surface area contributed by atoms with E-state index in [-0.39, 0.29) is 43.4 Å². The van der Waals surface area contributed by atoms with Crippen molar-refractivity contribution >= 4 is 86.1 Å². The molecule has 2 aromatic heterocycles. The number of hydrogen-bond acceptors (Lipinski definition) is 15. The molecule has 4 heterocycles. The topological polar surface area (TPSA) is 279 Å². The van der Waals surface area contributed by atoms with Crippen LogP contribution in [0.25, 0.3) is 21.8 Å². The van der Waals surface area contributed by atoms with Gasteiger partial charge in [-0.2, -0.15) is 0 Å². The van der Waals surface area contributed by atoms with E-state index in [1.165, 1.54) is 62.8 Å². The Kier molecular flexibility index (Phi) is 20.8. The quantitative estimate of drug-likeness (QED) is 0.0349. The van der Waals surface area contributed by atoms with E-state index in [1.54, 1.807) is 102 Å². The van der Waals surface area contributed by atoms with Gasteiger partial charge in [0.25, 0.3) is 11.8 Å². The van der Waals surface area contributed by atoms with Crippen LogP contribution in [-0.4, -0.2) is 114 Å². The Morgan fingerprint density at radius 2 is 0.948 bits per heavy atom. The average molecular weight is 1310 g/mol. The van der Waals surface area contributed by atoms with Gasteiger partial charge in [0, 0.05) is 83.7 Å². The fraction of sp³-hybridized carbons (Fsp3) is 0.319. The molecule has 0 radical (unpaired) electrons. The van der Waals surface area contributed by atoms with Crippen LogP contribution < -0.4 is 56.2 Å². The third-order valence-electron chi connectivity index (χ3n) is 16.8. The molecule has 2 saturated carbocycles. The summed E-state index contributed by atoms with van der Waals surface area (Å²) in [6, 6.07) is 34.4. The smallest absolute Gasteiger partial charge is 0.410 e. The van der Waals surface area contributed by atoms with E-state index in [0.29, 0.717) is 123 Å². The van der Waals surface area contributed by atoms with Crippen LogP contribution in [0.4, 0.5) is 36.3 Å². The number of aromatic nitrogens is 2. The van der Waals surface area contributed by atoms with Crippen LogP contribution in [0.3, 0.4) is 0 Å². The summed E-state index contributed by atoms with van der Waals surface area (Å²) in [7, 11) is 2.99. The summed E-state index contributed by atoms with van der Waals surface area (Å²) >= 11 is 0. The van der Waals surface area contributed by atoms with Crippen molar-refractivity contribution in [2.45, 2.75) is 97.2 Å². The molecule has 4 fully saturated rings. The van der Waals surface area contributed by atoms with E-state index in [9.17, 15) is 42.3 Å². The maximum Gasteiger partial charge on any atom is 0.410 e. The third kappa shape index (κ3) is 16.1. The number of ether oxygens (including phenoxy) is 5. The molecule has 12 rings (SSSR count). The number of hydrogen-bond donors (Lipinski definition) is 7. The summed E-state index contributed by atoms with van der Waals surface area (Å²) in [5, 5.41) is 21.5.